The summed E-state index contributed by atoms with van der Waals surface area (Å²) >= 11 is 6.52. The Morgan fingerprint density at radius 1 is 1.17 bits per heavy atom. The predicted octanol–water partition coefficient (Wildman–Crippen LogP) is 2.16. The molecule has 1 aromatic carbocycles. The summed E-state index contributed by atoms with van der Waals surface area (Å²) in [5, 5.41) is 15.6. The van der Waals surface area contributed by atoms with Gasteiger partial charge in [-0.3, -0.25) is 9.78 Å². The summed E-state index contributed by atoms with van der Waals surface area (Å²) < 4.78 is 26.7. The van der Waals surface area contributed by atoms with Gasteiger partial charge in [-0.1, -0.05) is 17.7 Å². The molecule has 10 nitrogen and oxygen atoms in total. The molecule has 1 N–H and O–H groups in total. The third-order valence-electron chi connectivity index (χ3n) is 6.46. The van der Waals surface area contributed by atoms with Crippen LogP contribution < -0.4 is 9.80 Å². The van der Waals surface area contributed by atoms with Crippen molar-refractivity contribution in [3.8, 4) is 6.07 Å². The number of nitriles is 1. The van der Waals surface area contributed by atoms with Crippen LogP contribution in [0.3, 0.4) is 0 Å². The molecule has 1 aromatic heterocycles. The number of anilines is 2. The lowest BCUT2D eigenvalue weighted by atomic mass is 10.1. The zero-order chi connectivity index (χ0) is 25.0. The second-order valence-corrected chi connectivity index (χ2v) is 11.1. The Hall–Kier alpha value is -3.36. The summed E-state index contributed by atoms with van der Waals surface area (Å²) in [5.74, 6) is 0.517. The van der Waals surface area contributed by atoms with Gasteiger partial charge in [-0.2, -0.15) is 5.26 Å². The fourth-order valence-electron chi connectivity index (χ4n) is 4.71. The lowest BCUT2D eigenvalue weighted by Crippen LogP contribution is -2.49. The number of carboxylic acid groups (broad SMARTS) is 1. The van der Waals surface area contributed by atoms with E-state index in [0.717, 1.165) is 31.7 Å². The van der Waals surface area contributed by atoms with Gasteiger partial charge in [0.25, 0.3) is 6.47 Å². The van der Waals surface area contributed by atoms with Gasteiger partial charge in [0.15, 0.2) is 15.5 Å². The summed E-state index contributed by atoms with van der Waals surface area (Å²) in [6, 6.07) is 7.72. The molecule has 0 amide bonds. The molecule has 2 saturated heterocycles. The van der Waals surface area contributed by atoms with E-state index < -0.39 is 15.1 Å². The summed E-state index contributed by atoms with van der Waals surface area (Å²) in [5.41, 5.74) is 1.17. The van der Waals surface area contributed by atoms with Crippen molar-refractivity contribution in [2.24, 2.45) is 0 Å². The number of halogens is 1. The molecule has 0 unspecified atom stereocenters. The second-order valence-electron chi connectivity index (χ2n) is 8.45. The average molecular weight is 517 g/mol. The first kappa shape index (κ1) is 24.8. The topological polar surface area (TPSA) is 131 Å². The number of rotatable bonds is 4. The number of hydrogen-bond donors (Lipinski definition) is 1. The molecule has 4 heterocycles. The van der Waals surface area contributed by atoms with Crippen molar-refractivity contribution in [2.75, 3.05) is 42.5 Å². The maximum Gasteiger partial charge on any atom is 0.290 e. The smallest absolute Gasteiger partial charge is 0.290 e. The lowest BCUT2D eigenvalue weighted by Gasteiger charge is -2.39. The Morgan fingerprint density at radius 3 is 2.71 bits per heavy atom. The SMILES string of the molecule is N#Cc1cncc(N2CC[C@H](S(=O)(=O)c3ccc(N4CCN5C=CC[C@H]5C4)cc3Cl)C2)n1.O=CO. The van der Waals surface area contributed by atoms with Gasteiger partial charge in [0.1, 0.15) is 11.9 Å². The number of benzene rings is 1. The minimum atomic E-state index is -3.61. The van der Waals surface area contributed by atoms with Crippen LogP contribution in [0.15, 0.2) is 47.8 Å². The van der Waals surface area contributed by atoms with Crippen molar-refractivity contribution in [3.05, 3.63) is 53.6 Å². The zero-order valence-electron chi connectivity index (χ0n) is 18.9. The number of nitrogens with zero attached hydrogens (tertiary/aromatic N) is 6. The first-order chi connectivity index (χ1) is 16.9. The molecule has 0 bridgehead atoms. The molecule has 2 atom stereocenters. The monoisotopic (exact) mass is 516 g/mol. The van der Waals surface area contributed by atoms with E-state index in [1.807, 2.05) is 17.0 Å². The second kappa shape index (κ2) is 10.5. The summed E-state index contributed by atoms with van der Waals surface area (Å²) in [6.07, 6.45) is 8.81. The first-order valence-electron chi connectivity index (χ1n) is 11.1. The van der Waals surface area contributed by atoms with Crippen molar-refractivity contribution in [1.82, 2.24) is 14.9 Å². The van der Waals surface area contributed by atoms with E-state index in [9.17, 15) is 8.42 Å². The molecule has 2 aromatic rings. The Balaban J connectivity index is 0.000000917. The maximum absolute atomic E-state index is 13.4. The quantitative estimate of drug-likeness (QED) is 0.603. The Morgan fingerprint density at radius 2 is 1.97 bits per heavy atom. The van der Waals surface area contributed by atoms with Gasteiger partial charge in [-0.05, 0) is 37.2 Å². The molecule has 3 aliphatic rings. The Kier molecular flexibility index (Phi) is 7.42. The third kappa shape index (κ3) is 5.18. The van der Waals surface area contributed by atoms with Crippen molar-refractivity contribution in [2.45, 2.75) is 29.0 Å². The largest absolute Gasteiger partial charge is 0.483 e. The van der Waals surface area contributed by atoms with Crippen LogP contribution >= 0.6 is 11.6 Å². The molecular formula is C23H25ClN6O4S. The highest BCUT2D eigenvalue weighted by Crippen LogP contribution is 2.34. The molecule has 2 fully saturated rings. The molecule has 3 aliphatic heterocycles. The summed E-state index contributed by atoms with van der Waals surface area (Å²) in [4.78, 5) is 23.3. The fraction of sp³-hybridized carbons (Fsp3) is 0.391. The highest BCUT2D eigenvalue weighted by atomic mass is 35.5. The normalized spacial score (nSPS) is 21.2. The first-order valence-corrected chi connectivity index (χ1v) is 13.1. The molecular weight excluding hydrogens is 492 g/mol. The molecule has 0 spiro atoms. The van der Waals surface area contributed by atoms with E-state index in [1.165, 1.54) is 6.20 Å². The number of hydrogen-bond acceptors (Lipinski definition) is 9. The average Bonchev–Trinajstić information content (AvgIpc) is 3.54. The van der Waals surface area contributed by atoms with Gasteiger partial charge in [-0.15, -0.1) is 0 Å². The maximum atomic E-state index is 13.4. The molecule has 0 radical (unpaired) electrons. The number of carbonyl (C=O) groups is 1. The minimum absolute atomic E-state index is 0.174. The van der Waals surface area contributed by atoms with E-state index in [0.29, 0.717) is 31.4 Å². The number of aromatic nitrogens is 2. The van der Waals surface area contributed by atoms with E-state index >= 15 is 0 Å². The van der Waals surface area contributed by atoms with Crippen LogP contribution in [-0.4, -0.2) is 78.9 Å². The van der Waals surface area contributed by atoms with Crippen molar-refractivity contribution < 1.29 is 18.3 Å². The van der Waals surface area contributed by atoms with E-state index in [4.69, 9.17) is 26.8 Å². The molecule has 35 heavy (non-hydrogen) atoms. The summed E-state index contributed by atoms with van der Waals surface area (Å²) in [6.45, 7) is 3.30. The van der Waals surface area contributed by atoms with Crippen LogP contribution in [0.25, 0.3) is 0 Å². The molecule has 0 aliphatic carbocycles. The standard InChI is InChI=1S/C22H23ClN6O2S.CH2O2/c23-20-10-17(28-9-8-27-6-1-2-18(27)14-28)3-4-21(20)32(30,31)19-5-7-29(15-19)22-13-25-12-16(11-24)26-22;2-1-3/h1,3-4,6,10,12-13,18-19H,2,5,7-9,14-15H2;1H,(H,2,3)/t18-,19-;/m0./s1. The fourth-order valence-corrected chi connectivity index (χ4v) is 6.95. The Bertz CT molecular complexity index is 1260. The molecule has 5 rings (SSSR count). The lowest BCUT2D eigenvalue weighted by molar-refractivity contribution is -0.122. The van der Waals surface area contributed by atoms with Crippen LogP contribution in [0.4, 0.5) is 11.5 Å². The van der Waals surface area contributed by atoms with Crippen LogP contribution in [0, 0.1) is 11.3 Å². The highest BCUT2D eigenvalue weighted by molar-refractivity contribution is 7.92. The summed E-state index contributed by atoms with van der Waals surface area (Å²) in [7, 11) is -3.61. The van der Waals surface area contributed by atoms with Crippen LogP contribution in [0.2, 0.25) is 5.02 Å². The number of sulfone groups is 1. The van der Waals surface area contributed by atoms with Crippen LogP contribution in [-0.2, 0) is 14.6 Å². The number of piperazine rings is 1. The van der Waals surface area contributed by atoms with Crippen molar-refractivity contribution in [1.29, 1.82) is 5.26 Å². The predicted molar refractivity (Wildman–Crippen MR) is 131 cm³/mol. The van der Waals surface area contributed by atoms with Crippen LogP contribution in [0.1, 0.15) is 18.5 Å². The van der Waals surface area contributed by atoms with Crippen LogP contribution in [0.5, 0.6) is 0 Å². The van der Waals surface area contributed by atoms with Gasteiger partial charge in [0, 0.05) is 44.5 Å². The van der Waals surface area contributed by atoms with Gasteiger partial charge in [0.2, 0.25) is 0 Å². The zero-order valence-corrected chi connectivity index (χ0v) is 20.4. The van der Waals surface area contributed by atoms with Gasteiger partial charge in [-0.25, -0.2) is 13.4 Å². The van der Waals surface area contributed by atoms with Gasteiger partial charge < -0.3 is 19.8 Å². The van der Waals surface area contributed by atoms with Gasteiger partial charge >= 0.3 is 0 Å². The van der Waals surface area contributed by atoms with E-state index in [2.05, 4.69) is 32.0 Å². The Labute approximate surface area is 209 Å². The van der Waals surface area contributed by atoms with Crippen molar-refractivity contribution in [3.63, 3.8) is 0 Å². The molecule has 12 heteroatoms. The van der Waals surface area contributed by atoms with E-state index in [1.54, 1.807) is 18.3 Å². The highest BCUT2D eigenvalue weighted by Gasteiger charge is 2.36. The van der Waals surface area contributed by atoms with E-state index in [-0.39, 0.29) is 22.1 Å². The van der Waals surface area contributed by atoms with Gasteiger partial charge in [0.05, 0.1) is 27.6 Å². The third-order valence-corrected chi connectivity index (χ3v) is 9.12. The molecule has 0 saturated carbocycles. The molecule has 184 valence electrons. The van der Waals surface area contributed by atoms with Crippen molar-refractivity contribution >= 4 is 39.4 Å². The number of fused-ring (bicyclic) bond motifs is 1. The minimum Gasteiger partial charge on any atom is -0.483 e.